The first kappa shape index (κ1) is 13.6. The van der Waals surface area contributed by atoms with E-state index in [9.17, 15) is 4.79 Å². The molecule has 1 rings (SSSR count). The molecule has 0 saturated heterocycles. The van der Waals surface area contributed by atoms with Crippen LogP contribution in [0.1, 0.15) is 20.3 Å². The maximum atomic E-state index is 11.3. The lowest BCUT2D eigenvalue weighted by atomic mass is 10.0. The summed E-state index contributed by atoms with van der Waals surface area (Å²) in [6, 6.07) is 0.109. The molecular weight excluding hydrogens is 220 g/mol. The Balaban J connectivity index is 2.15. The van der Waals surface area contributed by atoms with Crippen LogP contribution in [0.2, 0.25) is 0 Å². The second-order valence-corrected chi connectivity index (χ2v) is 4.07. The van der Waals surface area contributed by atoms with Gasteiger partial charge in [0.15, 0.2) is 0 Å². The van der Waals surface area contributed by atoms with Crippen LogP contribution in [-0.4, -0.2) is 40.7 Å². The molecule has 1 N–H and O–H groups in total. The SMILES string of the molecule is COC(=O)C(C)C(C)NCCCn1ccnn1. The largest absolute Gasteiger partial charge is 0.469 e. The third-order valence-corrected chi connectivity index (χ3v) is 2.83. The van der Waals surface area contributed by atoms with E-state index in [4.69, 9.17) is 4.74 Å². The topological polar surface area (TPSA) is 69.0 Å². The van der Waals surface area contributed by atoms with Crippen LogP contribution in [-0.2, 0) is 16.1 Å². The van der Waals surface area contributed by atoms with Gasteiger partial charge in [-0.1, -0.05) is 12.1 Å². The van der Waals surface area contributed by atoms with Crippen molar-refractivity contribution in [3.63, 3.8) is 0 Å². The highest BCUT2D eigenvalue weighted by atomic mass is 16.5. The smallest absolute Gasteiger partial charge is 0.309 e. The van der Waals surface area contributed by atoms with Crippen molar-refractivity contribution in [1.29, 1.82) is 0 Å². The quantitative estimate of drug-likeness (QED) is 0.554. The molecule has 0 fully saturated rings. The standard InChI is InChI=1S/C11H20N4O2/c1-9(11(16)17-3)10(2)12-5-4-7-15-8-6-13-14-15/h6,8-10,12H,4-5,7H2,1-3H3. The fourth-order valence-electron chi connectivity index (χ4n) is 1.49. The van der Waals surface area contributed by atoms with Crippen molar-refractivity contribution in [2.75, 3.05) is 13.7 Å². The summed E-state index contributed by atoms with van der Waals surface area (Å²) in [6.07, 6.45) is 4.44. The number of aromatic nitrogens is 3. The predicted octanol–water partition coefficient (Wildman–Crippen LogP) is 0.455. The van der Waals surface area contributed by atoms with Gasteiger partial charge in [-0.3, -0.25) is 9.48 Å². The van der Waals surface area contributed by atoms with Crippen molar-refractivity contribution in [2.45, 2.75) is 32.9 Å². The van der Waals surface area contributed by atoms with E-state index in [1.807, 2.05) is 20.0 Å². The number of esters is 1. The third-order valence-electron chi connectivity index (χ3n) is 2.83. The zero-order valence-corrected chi connectivity index (χ0v) is 10.6. The van der Waals surface area contributed by atoms with Gasteiger partial charge in [0.25, 0.3) is 0 Å². The van der Waals surface area contributed by atoms with Gasteiger partial charge in [-0.25, -0.2) is 0 Å². The Hall–Kier alpha value is -1.43. The molecule has 0 radical (unpaired) electrons. The highest BCUT2D eigenvalue weighted by Crippen LogP contribution is 2.04. The van der Waals surface area contributed by atoms with E-state index in [0.29, 0.717) is 0 Å². The molecule has 17 heavy (non-hydrogen) atoms. The van der Waals surface area contributed by atoms with Gasteiger partial charge in [0.2, 0.25) is 0 Å². The van der Waals surface area contributed by atoms with Crippen LogP contribution in [0.3, 0.4) is 0 Å². The van der Waals surface area contributed by atoms with E-state index in [1.165, 1.54) is 7.11 Å². The minimum Gasteiger partial charge on any atom is -0.469 e. The molecule has 0 bridgehead atoms. The molecule has 1 aromatic heterocycles. The number of hydrogen-bond acceptors (Lipinski definition) is 5. The molecule has 1 heterocycles. The van der Waals surface area contributed by atoms with E-state index < -0.39 is 0 Å². The van der Waals surface area contributed by atoms with Crippen molar-refractivity contribution in [1.82, 2.24) is 20.3 Å². The molecule has 0 amide bonds. The number of nitrogens with zero attached hydrogens (tertiary/aromatic N) is 3. The second kappa shape index (κ2) is 7.01. The summed E-state index contributed by atoms with van der Waals surface area (Å²) in [5.74, 6) is -0.312. The van der Waals surface area contributed by atoms with Gasteiger partial charge in [-0.05, 0) is 19.9 Å². The summed E-state index contributed by atoms with van der Waals surface area (Å²) >= 11 is 0. The minimum absolute atomic E-state index is 0.109. The summed E-state index contributed by atoms with van der Waals surface area (Å²) in [5.41, 5.74) is 0. The summed E-state index contributed by atoms with van der Waals surface area (Å²) in [4.78, 5) is 11.3. The van der Waals surface area contributed by atoms with Gasteiger partial charge < -0.3 is 10.1 Å². The average Bonchev–Trinajstić information content (AvgIpc) is 2.85. The number of nitrogens with one attached hydrogen (secondary N) is 1. The van der Waals surface area contributed by atoms with Crippen LogP contribution in [0.5, 0.6) is 0 Å². The zero-order valence-electron chi connectivity index (χ0n) is 10.6. The average molecular weight is 240 g/mol. The van der Waals surface area contributed by atoms with Gasteiger partial charge >= 0.3 is 5.97 Å². The molecule has 6 nitrogen and oxygen atoms in total. The second-order valence-electron chi connectivity index (χ2n) is 4.07. The number of ether oxygens (including phenoxy) is 1. The number of carbonyl (C=O) groups excluding carboxylic acids is 1. The Labute approximate surface area is 101 Å². The molecule has 0 aliphatic heterocycles. The minimum atomic E-state index is -0.179. The summed E-state index contributed by atoms with van der Waals surface area (Å²) < 4.78 is 6.48. The molecule has 0 spiro atoms. The van der Waals surface area contributed by atoms with E-state index in [0.717, 1.165) is 19.5 Å². The molecule has 2 unspecified atom stereocenters. The lowest BCUT2D eigenvalue weighted by molar-refractivity contribution is -0.145. The highest BCUT2D eigenvalue weighted by Gasteiger charge is 2.19. The van der Waals surface area contributed by atoms with Gasteiger partial charge in [0, 0.05) is 18.8 Å². The van der Waals surface area contributed by atoms with Gasteiger partial charge in [0.05, 0.1) is 19.2 Å². The predicted molar refractivity (Wildman–Crippen MR) is 63.3 cm³/mol. The molecule has 1 aromatic rings. The van der Waals surface area contributed by atoms with Crippen LogP contribution in [0, 0.1) is 5.92 Å². The molecule has 0 saturated carbocycles. The van der Waals surface area contributed by atoms with E-state index in [1.54, 1.807) is 10.9 Å². The van der Waals surface area contributed by atoms with Gasteiger partial charge in [-0.2, -0.15) is 0 Å². The first-order chi connectivity index (χ1) is 8.15. The first-order valence-corrected chi connectivity index (χ1v) is 5.80. The number of carbonyl (C=O) groups is 1. The van der Waals surface area contributed by atoms with Crippen LogP contribution in [0.15, 0.2) is 12.4 Å². The van der Waals surface area contributed by atoms with Crippen molar-refractivity contribution >= 4 is 5.97 Å². The van der Waals surface area contributed by atoms with E-state index in [-0.39, 0.29) is 17.9 Å². The Morgan fingerprint density at radius 1 is 1.53 bits per heavy atom. The highest BCUT2D eigenvalue weighted by molar-refractivity contribution is 5.72. The van der Waals surface area contributed by atoms with Crippen LogP contribution < -0.4 is 5.32 Å². The molecular formula is C11H20N4O2. The van der Waals surface area contributed by atoms with E-state index >= 15 is 0 Å². The molecule has 0 aromatic carbocycles. The van der Waals surface area contributed by atoms with Gasteiger partial charge in [0.1, 0.15) is 0 Å². The maximum Gasteiger partial charge on any atom is 0.309 e. The fraction of sp³-hybridized carbons (Fsp3) is 0.727. The molecule has 0 aliphatic carbocycles. The molecule has 96 valence electrons. The molecule has 2 atom stereocenters. The van der Waals surface area contributed by atoms with E-state index in [2.05, 4.69) is 15.6 Å². The zero-order chi connectivity index (χ0) is 12.7. The third kappa shape index (κ3) is 4.52. The Kier molecular flexibility index (Phi) is 5.62. The lowest BCUT2D eigenvalue weighted by Gasteiger charge is -2.19. The van der Waals surface area contributed by atoms with Crippen molar-refractivity contribution in [2.24, 2.45) is 5.92 Å². The first-order valence-electron chi connectivity index (χ1n) is 5.80. The number of methoxy groups -OCH3 is 1. The summed E-state index contributed by atoms with van der Waals surface area (Å²) in [6.45, 7) is 5.51. The van der Waals surface area contributed by atoms with Gasteiger partial charge in [-0.15, -0.1) is 5.10 Å². The van der Waals surface area contributed by atoms with Crippen molar-refractivity contribution < 1.29 is 9.53 Å². The van der Waals surface area contributed by atoms with Crippen LogP contribution in [0.4, 0.5) is 0 Å². The van der Waals surface area contributed by atoms with Crippen molar-refractivity contribution in [3.05, 3.63) is 12.4 Å². The number of rotatable bonds is 7. The summed E-state index contributed by atoms with van der Waals surface area (Å²) in [7, 11) is 1.41. The lowest BCUT2D eigenvalue weighted by Crippen LogP contribution is -2.37. The Morgan fingerprint density at radius 2 is 2.29 bits per heavy atom. The fourth-order valence-corrected chi connectivity index (χ4v) is 1.49. The van der Waals surface area contributed by atoms with Crippen LogP contribution >= 0.6 is 0 Å². The number of aryl methyl sites for hydroxylation is 1. The number of hydrogen-bond donors (Lipinski definition) is 1. The monoisotopic (exact) mass is 240 g/mol. The maximum absolute atomic E-state index is 11.3. The Morgan fingerprint density at radius 3 is 2.88 bits per heavy atom. The normalized spacial score (nSPS) is 14.3. The molecule has 0 aliphatic rings. The summed E-state index contributed by atoms with van der Waals surface area (Å²) in [5, 5.41) is 10.9. The molecule has 6 heteroatoms. The van der Waals surface area contributed by atoms with Crippen LogP contribution in [0.25, 0.3) is 0 Å². The Bertz CT molecular complexity index is 326. The van der Waals surface area contributed by atoms with Crippen molar-refractivity contribution in [3.8, 4) is 0 Å².